The molecule has 1 aromatic heterocycles. The van der Waals surface area contributed by atoms with E-state index in [9.17, 15) is 18.0 Å². The van der Waals surface area contributed by atoms with E-state index < -0.39 is 36.7 Å². The van der Waals surface area contributed by atoms with Crippen LogP contribution < -0.4 is 10.6 Å². The largest absolute Gasteiger partial charge is 0.322 e. The Labute approximate surface area is 130 Å². The van der Waals surface area contributed by atoms with E-state index in [1.807, 2.05) is 0 Å². The molecule has 2 aromatic rings. The number of para-hydroxylation sites is 1. The van der Waals surface area contributed by atoms with Crippen molar-refractivity contribution >= 4 is 11.6 Å². The summed E-state index contributed by atoms with van der Waals surface area (Å²) in [6.45, 7) is 1.14. The van der Waals surface area contributed by atoms with Gasteiger partial charge >= 0.3 is 0 Å². The number of amides is 1. The summed E-state index contributed by atoms with van der Waals surface area (Å²) in [6, 6.07) is 5.13. The summed E-state index contributed by atoms with van der Waals surface area (Å²) in [7, 11) is 0. The Bertz CT molecular complexity index is 744. The molecule has 1 amide bonds. The van der Waals surface area contributed by atoms with Gasteiger partial charge < -0.3 is 5.32 Å². The molecule has 23 heavy (non-hydrogen) atoms. The molecule has 1 aliphatic heterocycles. The van der Waals surface area contributed by atoms with Gasteiger partial charge in [0.25, 0.3) is 5.92 Å². The summed E-state index contributed by atoms with van der Waals surface area (Å²) < 4.78 is 41.4. The molecule has 122 valence electrons. The smallest absolute Gasteiger partial charge is 0.262 e. The quantitative estimate of drug-likeness (QED) is 0.910. The highest BCUT2D eigenvalue weighted by atomic mass is 19.3. The van der Waals surface area contributed by atoms with Crippen LogP contribution in [0.25, 0.3) is 5.69 Å². The van der Waals surface area contributed by atoms with Crippen LogP contribution in [0.4, 0.5) is 18.9 Å². The summed E-state index contributed by atoms with van der Waals surface area (Å²) in [5.41, 5.74) is 1.11. The number of rotatable bonds is 3. The average molecular weight is 324 g/mol. The number of anilines is 1. The number of carbonyl (C=O) groups is 1. The van der Waals surface area contributed by atoms with Gasteiger partial charge in [-0.3, -0.25) is 10.1 Å². The first-order valence-corrected chi connectivity index (χ1v) is 7.09. The van der Waals surface area contributed by atoms with Crippen LogP contribution in [0.5, 0.6) is 0 Å². The lowest BCUT2D eigenvalue weighted by Crippen LogP contribution is -2.35. The molecular weight excluding hydrogens is 309 g/mol. The Hall–Kier alpha value is -2.35. The Morgan fingerprint density at radius 3 is 2.83 bits per heavy atom. The third-order valence-corrected chi connectivity index (χ3v) is 3.77. The monoisotopic (exact) mass is 324 g/mol. The number of carbonyl (C=O) groups excluding carboxylic acids is 1. The molecule has 0 radical (unpaired) electrons. The predicted octanol–water partition coefficient (Wildman–Crippen LogP) is 2.26. The fourth-order valence-electron chi connectivity index (χ4n) is 2.52. The fraction of sp³-hybridized carbons (Fsp3) is 0.333. The number of hydrogen-bond acceptors (Lipinski definition) is 3. The van der Waals surface area contributed by atoms with Crippen LogP contribution in [-0.2, 0) is 4.79 Å². The molecule has 2 N–H and O–H groups in total. The van der Waals surface area contributed by atoms with Gasteiger partial charge in [-0.25, -0.2) is 17.9 Å². The lowest BCUT2D eigenvalue weighted by molar-refractivity contribution is -0.118. The molecule has 5 nitrogen and oxygen atoms in total. The molecule has 0 spiro atoms. The number of hydrogen-bond donors (Lipinski definition) is 2. The highest BCUT2D eigenvalue weighted by Gasteiger charge is 2.42. The van der Waals surface area contributed by atoms with Crippen LogP contribution in [0, 0.1) is 12.7 Å². The summed E-state index contributed by atoms with van der Waals surface area (Å²) >= 11 is 0. The lowest BCUT2D eigenvalue weighted by Gasteiger charge is -2.11. The topological polar surface area (TPSA) is 59.0 Å². The summed E-state index contributed by atoms with van der Waals surface area (Å²) in [5, 5.41) is 9.09. The summed E-state index contributed by atoms with van der Waals surface area (Å²) in [6.07, 6.45) is 0.825. The third-order valence-electron chi connectivity index (χ3n) is 3.77. The molecule has 1 aliphatic rings. The minimum atomic E-state index is -2.88. The Kier molecular flexibility index (Phi) is 3.85. The van der Waals surface area contributed by atoms with Gasteiger partial charge in [-0.05, 0) is 19.1 Å². The van der Waals surface area contributed by atoms with Crippen molar-refractivity contribution in [1.82, 2.24) is 15.1 Å². The lowest BCUT2D eigenvalue weighted by atomic mass is 10.2. The summed E-state index contributed by atoms with van der Waals surface area (Å²) in [4.78, 5) is 12.0. The zero-order valence-electron chi connectivity index (χ0n) is 12.3. The second-order valence-corrected chi connectivity index (χ2v) is 5.49. The Balaban J connectivity index is 1.78. The van der Waals surface area contributed by atoms with E-state index in [1.54, 1.807) is 25.1 Å². The molecule has 0 aliphatic carbocycles. The van der Waals surface area contributed by atoms with Crippen LogP contribution in [0.1, 0.15) is 12.1 Å². The second-order valence-electron chi connectivity index (χ2n) is 5.49. The van der Waals surface area contributed by atoms with Crippen LogP contribution in [0.3, 0.4) is 0 Å². The van der Waals surface area contributed by atoms with Crippen molar-refractivity contribution in [2.75, 3.05) is 11.9 Å². The predicted molar refractivity (Wildman–Crippen MR) is 78.2 cm³/mol. The highest BCUT2D eigenvalue weighted by molar-refractivity contribution is 5.95. The van der Waals surface area contributed by atoms with Gasteiger partial charge in [-0.15, -0.1) is 0 Å². The molecule has 1 atom stereocenters. The minimum Gasteiger partial charge on any atom is -0.322 e. The van der Waals surface area contributed by atoms with E-state index in [-0.39, 0.29) is 5.69 Å². The van der Waals surface area contributed by atoms with Crippen LogP contribution >= 0.6 is 0 Å². The minimum absolute atomic E-state index is 0.246. The number of benzene rings is 1. The van der Waals surface area contributed by atoms with Gasteiger partial charge in [-0.2, -0.15) is 5.10 Å². The van der Waals surface area contributed by atoms with Crippen molar-refractivity contribution in [2.45, 2.75) is 25.3 Å². The number of aromatic nitrogens is 2. The number of nitrogens with one attached hydrogen (secondary N) is 2. The molecule has 0 bridgehead atoms. The first-order chi connectivity index (χ1) is 10.9. The maximum absolute atomic E-state index is 13.8. The van der Waals surface area contributed by atoms with Gasteiger partial charge in [-0.1, -0.05) is 12.1 Å². The second kappa shape index (κ2) is 5.69. The molecule has 1 saturated heterocycles. The number of nitrogens with zero attached hydrogens (tertiary/aromatic N) is 2. The normalized spacial score (nSPS) is 19.7. The maximum atomic E-state index is 13.8. The zero-order chi connectivity index (χ0) is 16.6. The maximum Gasteiger partial charge on any atom is 0.262 e. The Morgan fingerprint density at radius 2 is 2.17 bits per heavy atom. The standard InChI is InChI=1S/C15H15F3N4O/c1-9-12(21-14(23)11-6-15(17,18)8-19-11)7-20-22(9)13-5-3-2-4-10(13)16/h2-5,7,11,19H,6,8H2,1H3,(H,21,23). The Morgan fingerprint density at radius 1 is 1.43 bits per heavy atom. The van der Waals surface area contributed by atoms with E-state index >= 15 is 0 Å². The van der Waals surface area contributed by atoms with Gasteiger partial charge in [0.05, 0.1) is 30.2 Å². The van der Waals surface area contributed by atoms with Crippen molar-refractivity contribution < 1.29 is 18.0 Å². The van der Waals surface area contributed by atoms with Crippen molar-refractivity contribution in [3.8, 4) is 5.69 Å². The first-order valence-electron chi connectivity index (χ1n) is 7.09. The van der Waals surface area contributed by atoms with Gasteiger partial charge in [0, 0.05) is 6.42 Å². The number of alkyl halides is 2. The van der Waals surface area contributed by atoms with Crippen molar-refractivity contribution in [3.63, 3.8) is 0 Å². The zero-order valence-corrected chi connectivity index (χ0v) is 12.3. The van der Waals surface area contributed by atoms with Gasteiger partial charge in [0.2, 0.25) is 5.91 Å². The van der Waals surface area contributed by atoms with E-state index in [1.165, 1.54) is 16.9 Å². The molecule has 2 heterocycles. The third kappa shape index (κ3) is 3.07. The molecule has 1 aromatic carbocycles. The van der Waals surface area contributed by atoms with Crippen LogP contribution in [0.2, 0.25) is 0 Å². The molecule has 3 rings (SSSR count). The van der Waals surface area contributed by atoms with Crippen LogP contribution in [-0.4, -0.2) is 34.2 Å². The highest BCUT2D eigenvalue weighted by Crippen LogP contribution is 2.26. The van der Waals surface area contributed by atoms with Crippen molar-refractivity contribution in [1.29, 1.82) is 0 Å². The summed E-state index contributed by atoms with van der Waals surface area (Å²) in [5.74, 6) is -3.89. The van der Waals surface area contributed by atoms with E-state index in [0.29, 0.717) is 11.4 Å². The molecule has 1 unspecified atom stereocenters. The van der Waals surface area contributed by atoms with Crippen molar-refractivity contribution in [2.24, 2.45) is 0 Å². The molecule has 1 fully saturated rings. The number of halogens is 3. The molecule has 8 heteroatoms. The van der Waals surface area contributed by atoms with Crippen molar-refractivity contribution in [3.05, 3.63) is 42.0 Å². The molecular formula is C15H15F3N4O. The fourth-order valence-corrected chi connectivity index (χ4v) is 2.52. The van der Waals surface area contributed by atoms with E-state index in [0.717, 1.165) is 0 Å². The van der Waals surface area contributed by atoms with E-state index in [2.05, 4.69) is 15.7 Å². The van der Waals surface area contributed by atoms with E-state index in [4.69, 9.17) is 0 Å². The van der Waals surface area contributed by atoms with Gasteiger partial charge in [0.1, 0.15) is 11.5 Å². The van der Waals surface area contributed by atoms with Crippen LogP contribution in [0.15, 0.2) is 30.5 Å². The average Bonchev–Trinajstić information content (AvgIpc) is 3.03. The SMILES string of the molecule is Cc1c(NC(=O)C2CC(F)(F)CN2)cnn1-c1ccccc1F. The first kappa shape index (κ1) is 15.5. The molecule has 0 saturated carbocycles. The van der Waals surface area contributed by atoms with Gasteiger partial charge in [0.15, 0.2) is 0 Å².